The van der Waals surface area contributed by atoms with Gasteiger partial charge < -0.3 is 25.2 Å². The summed E-state index contributed by atoms with van der Waals surface area (Å²) in [6.07, 6.45) is 0.971. The highest BCUT2D eigenvalue weighted by atomic mass is 16.5. The van der Waals surface area contributed by atoms with E-state index in [1.54, 1.807) is 42.5 Å². The Morgan fingerprint density at radius 1 is 1.06 bits per heavy atom. The van der Waals surface area contributed by atoms with E-state index in [1.807, 2.05) is 0 Å². The quantitative estimate of drug-likeness (QED) is 0.486. The smallest absolute Gasteiger partial charge is 0.325 e. The van der Waals surface area contributed by atoms with Crippen LogP contribution in [0.3, 0.4) is 0 Å². The summed E-state index contributed by atoms with van der Waals surface area (Å²) in [7, 11) is 3.05. The third-order valence-corrected chi connectivity index (χ3v) is 5.23. The minimum atomic E-state index is -0.731. The van der Waals surface area contributed by atoms with Gasteiger partial charge in [-0.3, -0.25) is 14.5 Å². The maximum atomic E-state index is 12.7. The maximum absolute atomic E-state index is 12.7. The Bertz CT molecular complexity index is 976. The molecule has 0 unspecified atom stereocenters. The standard InChI is InChI=1S/C23H27N3O6/c1-31-19-9-5-16(13-20(19)32-2)14-26-22(29)18(25-23(26)30)8-10-21(28)24-12-11-15-3-6-17(27)7-4-15/h3-7,9,13,18,27H,8,10-12,14H2,1-2H3,(H,24,28)(H,25,30)/t18-/m0/s1. The largest absolute Gasteiger partial charge is 0.508 e. The fourth-order valence-corrected chi connectivity index (χ4v) is 3.46. The number of phenols is 1. The monoisotopic (exact) mass is 441 g/mol. The van der Waals surface area contributed by atoms with Crippen LogP contribution in [-0.4, -0.2) is 54.7 Å². The Balaban J connectivity index is 1.47. The highest BCUT2D eigenvalue weighted by Gasteiger charge is 2.37. The molecule has 0 bridgehead atoms. The number of carbonyl (C=O) groups excluding carboxylic acids is 3. The molecule has 0 aromatic heterocycles. The molecule has 0 radical (unpaired) electrons. The van der Waals surface area contributed by atoms with Gasteiger partial charge in [0.05, 0.1) is 20.8 Å². The lowest BCUT2D eigenvalue weighted by atomic mass is 10.1. The van der Waals surface area contributed by atoms with Crippen LogP contribution >= 0.6 is 0 Å². The van der Waals surface area contributed by atoms with Gasteiger partial charge in [0.1, 0.15) is 11.8 Å². The molecule has 4 amide bonds. The molecule has 1 fully saturated rings. The second-order valence-electron chi connectivity index (χ2n) is 7.42. The minimum absolute atomic E-state index is 0.0976. The molecule has 32 heavy (non-hydrogen) atoms. The van der Waals surface area contributed by atoms with Crippen LogP contribution in [0.15, 0.2) is 42.5 Å². The van der Waals surface area contributed by atoms with E-state index < -0.39 is 12.1 Å². The molecule has 9 heteroatoms. The zero-order chi connectivity index (χ0) is 23.1. The Morgan fingerprint density at radius 3 is 2.44 bits per heavy atom. The Kier molecular flexibility index (Phi) is 7.54. The van der Waals surface area contributed by atoms with Crippen LogP contribution in [-0.2, 0) is 22.6 Å². The molecule has 1 heterocycles. The molecule has 2 aromatic carbocycles. The second kappa shape index (κ2) is 10.5. The zero-order valence-electron chi connectivity index (χ0n) is 18.1. The summed E-state index contributed by atoms with van der Waals surface area (Å²) in [4.78, 5) is 38.2. The topological polar surface area (TPSA) is 117 Å². The van der Waals surface area contributed by atoms with Crippen molar-refractivity contribution in [2.45, 2.75) is 31.8 Å². The molecular weight excluding hydrogens is 414 g/mol. The number of ether oxygens (including phenoxy) is 2. The molecule has 1 saturated heterocycles. The number of nitrogens with one attached hydrogen (secondary N) is 2. The molecule has 1 aliphatic heterocycles. The average Bonchev–Trinajstić information content (AvgIpc) is 3.06. The van der Waals surface area contributed by atoms with Crippen LogP contribution in [0.4, 0.5) is 4.79 Å². The van der Waals surface area contributed by atoms with Gasteiger partial charge in [0, 0.05) is 13.0 Å². The van der Waals surface area contributed by atoms with Gasteiger partial charge in [-0.1, -0.05) is 18.2 Å². The first-order valence-corrected chi connectivity index (χ1v) is 10.3. The van der Waals surface area contributed by atoms with E-state index in [0.29, 0.717) is 24.5 Å². The van der Waals surface area contributed by atoms with Gasteiger partial charge >= 0.3 is 6.03 Å². The molecule has 1 aliphatic rings. The van der Waals surface area contributed by atoms with Gasteiger partial charge in [-0.2, -0.15) is 0 Å². The summed E-state index contributed by atoms with van der Waals surface area (Å²) >= 11 is 0. The van der Waals surface area contributed by atoms with Crippen molar-refractivity contribution in [1.29, 1.82) is 0 Å². The summed E-state index contributed by atoms with van der Waals surface area (Å²) in [5.74, 6) is 0.715. The fourth-order valence-electron chi connectivity index (χ4n) is 3.46. The summed E-state index contributed by atoms with van der Waals surface area (Å²) in [6, 6.07) is 10.8. The third kappa shape index (κ3) is 5.69. The number of aromatic hydroxyl groups is 1. The minimum Gasteiger partial charge on any atom is -0.508 e. The number of hydrogen-bond donors (Lipinski definition) is 3. The van der Waals surface area contributed by atoms with Crippen molar-refractivity contribution in [3.63, 3.8) is 0 Å². The summed E-state index contributed by atoms with van der Waals surface area (Å²) in [6.45, 7) is 0.542. The lowest BCUT2D eigenvalue weighted by Crippen LogP contribution is -2.33. The predicted molar refractivity (Wildman–Crippen MR) is 116 cm³/mol. The van der Waals surface area contributed by atoms with Crippen LogP contribution in [0.25, 0.3) is 0 Å². The Labute approximate surface area is 186 Å². The normalized spacial score (nSPS) is 15.4. The number of nitrogens with zero attached hydrogens (tertiary/aromatic N) is 1. The molecule has 3 N–H and O–H groups in total. The van der Waals surface area contributed by atoms with Gasteiger partial charge in [-0.15, -0.1) is 0 Å². The first-order valence-electron chi connectivity index (χ1n) is 10.3. The molecule has 0 aliphatic carbocycles. The fraction of sp³-hybridized carbons (Fsp3) is 0.348. The van der Waals surface area contributed by atoms with E-state index >= 15 is 0 Å². The van der Waals surface area contributed by atoms with Crippen molar-refractivity contribution in [3.8, 4) is 17.2 Å². The SMILES string of the molecule is COc1ccc(CN2C(=O)N[C@@H](CCC(=O)NCCc3ccc(O)cc3)C2=O)cc1OC. The first kappa shape index (κ1) is 22.9. The molecule has 0 spiro atoms. The van der Waals surface area contributed by atoms with Crippen LogP contribution in [0.5, 0.6) is 17.2 Å². The number of phenolic OH excluding ortho intramolecular Hbond substituents is 1. The molecule has 1 atom stereocenters. The van der Waals surface area contributed by atoms with E-state index in [0.717, 1.165) is 16.0 Å². The number of rotatable bonds is 10. The summed E-state index contributed by atoms with van der Waals surface area (Å²) < 4.78 is 10.5. The van der Waals surface area contributed by atoms with Crippen molar-refractivity contribution < 1.29 is 29.0 Å². The van der Waals surface area contributed by atoms with Crippen molar-refractivity contribution >= 4 is 17.8 Å². The highest BCUT2D eigenvalue weighted by molar-refractivity contribution is 6.04. The number of amides is 4. The second-order valence-corrected chi connectivity index (χ2v) is 7.42. The first-order chi connectivity index (χ1) is 15.4. The highest BCUT2D eigenvalue weighted by Crippen LogP contribution is 2.28. The van der Waals surface area contributed by atoms with Gasteiger partial charge in [0.25, 0.3) is 5.91 Å². The molecule has 0 saturated carbocycles. The zero-order valence-corrected chi connectivity index (χ0v) is 18.1. The van der Waals surface area contributed by atoms with E-state index in [9.17, 15) is 19.5 Å². The average molecular weight is 441 g/mol. The number of urea groups is 1. The number of carbonyl (C=O) groups is 3. The lowest BCUT2D eigenvalue weighted by Gasteiger charge is -2.15. The van der Waals surface area contributed by atoms with Crippen molar-refractivity contribution in [1.82, 2.24) is 15.5 Å². The number of methoxy groups -OCH3 is 2. The van der Waals surface area contributed by atoms with Crippen LogP contribution < -0.4 is 20.1 Å². The summed E-state index contributed by atoms with van der Waals surface area (Å²) in [5, 5.41) is 14.7. The number of benzene rings is 2. The van der Waals surface area contributed by atoms with E-state index in [1.165, 1.54) is 14.2 Å². The summed E-state index contributed by atoms with van der Waals surface area (Å²) in [5.41, 5.74) is 1.71. The van der Waals surface area contributed by atoms with Crippen LogP contribution in [0, 0.1) is 0 Å². The van der Waals surface area contributed by atoms with Crippen LogP contribution in [0.1, 0.15) is 24.0 Å². The van der Waals surface area contributed by atoms with E-state index in [4.69, 9.17) is 9.47 Å². The molecule has 9 nitrogen and oxygen atoms in total. The van der Waals surface area contributed by atoms with Gasteiger partial charge in [0.15, 0.2) is 11.5 Å². The van der Waals surface area contributed by atoms with Gasteiger partial charge in [0.2, 0.25) is 5.91 Å². The van der Waals surface area contributed by atoms with Crippen molar-refractivity contribution in [2.24, 2.45) is 0 Å². The van der Waals surface area contributed by atoms with E-state index in [-0.39, 0.29) is 37.0 Å². The number of imide groups is 1. The number of hydrogen-bond acceptors (Lipinski definition) is 6. The molecule has 170 valence electrons. The third-order valence-electron chi connectivity index (χ3n) is 5.23. The predicted octanol–water partition coefficient (Wildman–Crippen LogP) is 1.97. The van der Waals surface area contributed by atoms with Crippen molar-refractivity contribution in [3.05, 3.63) is 53.6 Å². The lowest BCUT2D eigenvalue weighted by molar-refractivity contribution is -0.128. The van der Waals surface area contributed by atoms with Crippen molar-refractivity contribution in [2.75, 3.05) is 20.8 Å². The van der Waals surface area contributed by atoms with Gasteiger partial charge in [-0.25, -0.2) is 4.79 Å². The molecule has 2 aromatic rings. The molecular formula is C23H27N3O6. The molecule has 3 rings (SSSR count). The Hall–Kier alpha value is -3.75. The van der Waals surface area contributed by atoms with Gasteiger partial charge in [-0.05, 0) is 48.2 Å². The van der Waals surface area contributed by atoms with Crippen LogP contribution in [0.2, 0.25) is 0 Å². The Morgan fingerprint density at radius 2 is 1.75 bits per heavy atom. The van der Waals surface area contributed by atoms with E-state index in [2.05, 4.69) is 10.6 Å². The maximum Gasteiger partial charge on any atom is 0.325 e.